The van der Waals surface area contributed by atoms with Gasteiger partial charge in [0, 0.05) is 24.2 Å². The molecule has 0 N–H and O–H groups in total. The fourth-order valence-electron chi connectivity index (χ4n) is 3.14. The maximum Gasteiger partial charge on any atom is 0.0177 e. The van der Waals surface area contributed by atoms with Gasteiger partial charge in [-0.1, -0.05) is 55.1 Å². The minimum absolute atomic E-state index is 0.553. The smallest absolute Gasteiger partial charge is 0.0177 e. The second kappa shape index (κ2) is 9.98. The lowest BCUT2D eigenvalue weighted by atomic mass is 9.91. The SMILES string of the molecule is C=C.C=C(C)N(C)CCC(Cc1cccc2ccccc12)c1cccs1. The zero-order chi connectivity index (χ0) is 18.9. The van der Waals surface area contributed by atoms with Crippen molar-refractivity contribution in [3.63, 3.8) is 0 Å². The lowest BCUT2D eigenvalue weighted by molar-refractivity contribution is 0.391. The summed E-state index contributed by atoms with van der Waals surface area (Å²) in [6.45, 7) is 13.2. The first-order valence-electron chi connectivity index (χ1n) is 9.02. The third-order valence-electron chi connectivity index (χ3n) is 4.76. The number of hydrogen-bond acceptors (Lipinski definition) is 2. The second-order valence-corrected chi connectivity index (χ2v) is 7.48. The Labute approximate surface area is 162 Å². The number of nitrogens with zero attached hydrogens (tertiary/aromatic N) is 1. The van der Waals surface area contributed by atoms with Gasteiger partial charge in [0.2, 0.25) is 0 Å². The van der Waals surface area contributed by atoms with E-state index in [4.69, 9.17) is 0 Å². The molecule has 3 rings (SSSR count). The Hall–Kier alpha value is -2.32. The van der Waals surface area contributed by atoms with Gasteiger partial charge in [-0.2, -0.15) is 0 Å². The van der Waals surface area contributed by atoms with Gasteiger partial charge in [-0.3, -0.25) is 0 Å². The van der Waals surface area contributed by atoms with Crippen LogP contribution in [0.2, 0.25) is 0 Å². The molecular formula is C24H29NS. The maximum absolute atomic E-state index is 4.05. The Morgan fingerprint density at radius 2 is 1.77 bits per heavy atom. The van der Waals surface area contributed by atoms with Crippen molar-refractivity contribution < 1.29 is 0 Å². The Morgan fingerprint density at radius 1 is 1.04 bits per heavy atom. The summed E-state index contributed by atoms with van der Waals surface area (Å²) >= 11 is 1.87. The largest absolute Gasteiger partial charge is 0.379 e. The van der Waals surface area contributed by atoms with Gasteiger partial charge < -0.3 is 4.90 Å². The van der Waals surface area contributed by atoms with Crippen LogP contribution in [0.3, 0.4) is 0 Å². The van der Waals surface area contributed by atoms with Crippen molar-refractivity contribution in [2.24, 2.45) is 0 Å². The fourth-order valence-corrected chi connectivity index (χ4v) is 4.01. The van der Waals surface area contributed by atoms with Gasteiger partial charge in [0.15, 0.2) is 0 Å². The Kier molecular flexibility index (Phi) is 7.68. The molecular weight excluding hydrogens is 334 g/mol. The molecule has 1 aromatic heterocycles. The van der Waals surface area contributed by atoms with Crippen LogP contribution >= 0.6 is 11.3 Å². The number of fused-ring (bicyclic) bond motifs is 1. The molecule has 0 saturated heterocycles. The number of rotatable bonds is 7. The molecule has 2 heteroatoms. The lowest BCUT2D eigenvalue weighted by Gasteiger charge is -2.23. The molecule has 26 heavy (non-hydrogen) atoms. The van der Waals surface area contributed by atoms with Crippen LogP contribution in [0.1, 0.15) is 29.7 Å². The molecule has 136 valence electrons. The number of thiophene rings is 1. The highest BCUT2D eigenvalue weighted by Gasteiger charge is 2.16. The van der Waals surface area contributed by atoms with E-state index < -0.39 is 0 Å². The van der Waals surface area contributed by atoms with E-state index in [0.717, 1.165) is 25.1 Å². The van der Waals surface area contributed by atoms with E-state index in [1.54, 1.807) is 0 Å². The first-order valence-corrected chi connectivity index (χ1v) is 9.90. The van der Waals surface area contributed by atoms with Crippen molar-refractivity contribution in [3.8, 4) is 0 Å². The van der Waals surface area contributed by atoms with Crippen LogP contribution in [0.5, 0.6) is 0 Å². The van der Waals surface area contributed by atoms with Crippen molar-refractivity contribution in [2.45, 2.75) is 25.7 Å². The van der Waals surface area contributed by atoms with Crippen LogP contribution < -0.4 is 0 Å². The predicted octanol–water partition coefficient (Wildman–Crippen LogP) is 6.89. The second-order valence-electron chi connectivity index (χ2n) is 6.50. The molecule has 0 aliphatic rings. The van der Waals surface area contributed by atoms with Gasteiger partial charge in [-0.15, -0.1) is 24.5 Å². The zero-order valence-electron chi connectivity index (χ0n) is 15.9. The Balaban J connectivity index is 0.00000117. The standard InChI is InChI=1S/C22H25NS.C2H4/c1-17(2)23(3)14-13-20(22-12-7-15-24-22)16-19-10-6-9-18-8-4-5-11-21(18)19;1-2/h4-12,15,20H,1,13-14,16H2,2-3H3;1-2H2. The molecule has 0 spiro atoms. The normalized spacial score (nSPS) is 11.5. The Morgan fingerprint density at radius 3 is 2.46 bits per heavy atom. The summed E-state index contributed by atoms with van der Waals surface area (Å²) in [4.78, 5) is 3.74. The van der Waals surface area contributed by atoms with E-state index in [1.807, 2.05) is 11.3 Å². The zero-order valence-corrected chi connectivity index (χ0v) is 16.8. The van der Waals surface area contributed by atoms with Gasteiger partial charge in [-0.05, 0) is 53.5 Å². The topological polar surface area (TPSA) is 3.24 Å². The van der Waals surface area contributed by atoms with Crippen molar-refractivity contribution in [3.05, 3.63) is 95.9 Å². The minimum Gasteiger partial charge on any atom is -0.379 e. The quantitative estimate of drug-likeness (QED) is 0.413. The van der Waals surface area contributed by atoms with Gasteiger partial charge in [0.1, 0.15) is 0 Å². The molecule has 0 radical (unpaired) electrons. The van der Waals surface area contributed by atoms with Crippen molar-refractivity contribution in [1.29, 1.82) is 0 Å². The van der Waals surface area contributed by atoms with Gasteiger partial charge >= 0.3 is 0 Å². The van der Waals surface area contributed by atoms with Crippen molar-refractivity contribution >= 4 is 22.1 Å². The molecule has 1 unspecified atom stereocenters. The summed E-state index contributed by atoms with van der Waals surface area (Å²) < 4.78 is 0. The molecule has 0 saturated carbocycles. The van der Waals surface area contributed by atoms with Crippen LogP contribution in [0.15, 0.2) is 85.4 Å². The van der Waals surface area contributed by atoms with E-state index >= 15 is 0 Å². The highest BCUT2D eigenvalue weighted by atomic mass is 32.1. The molecule has 0 aliphatic heterocycles. The molecule has 1 heterocycles. The van der Waals surface area contributed by atoms with Gasteiger partial charge in [0.25, 0.3) is 0 Å². The summed E-state index contributed by atoms with van der Waals surface area (Å²) in [5, 5.41) is 4.90. The molecule has 0 bridgehead atoms. The molecule has 2 aromatic carbocycles. The molecule has 1 nitrogen and oxygen atoms in total. The van der Waals surface area contributed by atoms with Gasteiger partial charge in [0.05, 0.1) is 0 Å². The van der Waals surface area contributed by atoms with E-state index in [0.29, 0.717) is 5.92 Å². The fraction of sp³-hybridized carbons (Fsp3) is 0.250. The van der Waals surface area contributed by atoms with Crippen LogP contribution in [-0.4, -0.2) is 18.5 Å². The third-order valence-corrected chi connectivity index (χ3v) is 5.79. The van der Waals surface area contributed by atoms with Gasteiger partial charge in [-0.25, -0.2) is 0 Å². The summed E-state index contributed by atoms with van der Waals surface area (Å²) in [5.74, 6) is 0.553. The van der Waals surface area contributed by atoms with E-state index in [1.165, 1.54) is 21.2 Å². The summed E-state index contributed by atoms with van der Waals surface area (Å²) in [6, 6.07) is 19.8. The third kappa shape index (κ3) is 5.09. The average Bonchev–Trinajstić information content (AvgIpc) is 3.21. The van der Waals surface area contributed by atoms with Crippen LogP contribution in [-0.2, 0) is 6.42 Å². The molecule has 0 aliphatic carbocycles. The van der Waals surface area contributed by atoms with Crippen LogP contribution in [0.25, 0.3) is 10.8 Å². The number of allylic oxidation sites excluding steroid dienone is 1. The van der Waals surface area contributed by atoms with E-state index in [-0.39, 0.29) is 0 Å². The van der Waals surface area contributed by atoms with Crippen molar-refractivity contribution in [1.82, 2.24) is 4.90 Å². The first-order chi connectivity index (χ1) is 12.6. The average molecular weight is 364 g/mol. The maximum atomic E-state index is 4.05. The predicted molar refractivity (Wildman–Crippen MR) is 118 cm³/mol. The minimum atomic E-state index is 0.553. The van der Waals surface area contributed by atoms with Crippen LogP contribution in [0, 0.1) is 0 Å². The summed E-state index contributed by atoms with van der Waals surface area (Å²) in [6.07, 6.45) is 2.24. The molecule has 1 atom stereocenters. The Bertz CT molecular complexity index is 814. The number of benzene rings is 2. The molecule has 0 amide bonds. The lowest BCUT2D eigenvalue weighted by Crippen LogP contribution is -2.19. The monoisotopic (exact) mass is 363 g/mol. The first kappa shape index (κ1) is 20.0. The number of hydrogen-bond donors (Lipinski definition) is 0. The molecule has 0 fully saturated rings. The highest BCUT2D eigenvalue weighted by molar-refractivity contribution is 7.10. The van der Waals surface area contributed by atoms with Crippen LogP contribution in [0.4, 0.5) is 0 Å². The van der Waals surface area contributed by atoms with Crippen molar-refractivity contribution in [2.75, 3.05) is 13.6 Å². The highest BCUT2D eigenvalue weighted by Crippen LogP contribution is 2.31. The summed E-state index contributed by atoms with van der Waals surface area (Å²) in [5.41, 5.74) is 2.58. The van der Waals surface area contributed by atoms with E-state index in [2.05, 4.69) is 98.6 Å². The van der Waals surface area contributed by atoms with E-state index in [9.17, 15) is 0 Å². The summed E-state index contributed by atoms with van der Waals surface area (Å²) in [7, 11) is 2.13. The molecule has 3 aromatic rings.